The first kappa shape index (κ1) is 11.7. The molecule has 0 N–H and O–H groups in total. The van der Waals surface area contributed by atoms with Crippen molar-refractivity contribution in [1.29, 1.82) is 0 Å². The number of halogens is 1. The van der Waals surface area contributed by atoms with E-state index in [1.807, 2.05) is 0 Å². The highest BCUT2D eigenvalue weighted by atomic mass is 79.9. The van der Waals surface area contributed by atoms with Crippen LogP contribution >= 0.6 is 15.9 Å². The molecular formula is C9H18BrNOS. The first-order valence-corrected chi connectivity index (χ1v) is 7.57. The zero-order chi connectivity index (χ0) is 9.52. The first-order valence-electron chi connectivity index (χ1n) is 4.96. The molecule has 13 heavy (non-hydrogen) atoms. The van der Waals surface area contributed by atoms with Crippen LogP contribution in [0.2, 0.25) is 0 Å². The van der Waals surface area contributed by atoms with Gasteiger partial charge in [-0.2, -0.15) is 0 Å². The summed E-state index contributed by atoms with van der Waals surface area (Å²) in [6.45, 7) is 3.28. The zero-order valence-electron chi connectivity index (χ0n) is 8.01. The summed E-state index contributed by atoms with van der Waals surface area (Å²) >= 11 is 3.43. The summed E-state index contributed by atoms with van der Waals surface area (Å²) in [5.41, 5.74) is 0. The third-order valence-electron chi connectivity index (χ3n) is 2.38. The van der Waals surface area contributed by atoms with Crippen molar-refractivity contribution in [3.8, 4) is 0 Å². The molecule has 0 aliphatic carbocycles. The van der Waals surface area contributed by atoms with E-state index in [2.05, 4.69) is 20.8 Å². The highest BCUT2D eigenvalue weighted by Crippen LogP contribution is 2.04. The normalized spacial score (nSPS) is 20.7. The van der Waals surface area contributed by atoms with Gasteiger partial charge >= 0.3 is 0 Å². The molecule has 0 spiro atoms. The Morgan fingerprint density at radius 3 is 2.46 bits per heavy atom. The van der Waals surface area contributed by atoms with Gasteiger partial charge in [-0.15, -0.1) is 0 Å². The number of rotatable bonds is 5. The smallest absolute Gasteiger partial charge is 0.0363 e. The van der Waals surface area contributed by atoms with E-state index in [0.29, 0.717) is 0 Å². The lowest BCUT2D eigenvalue weighted by molar-refractivity contribution is 0.292. The van der Waals surface area contributed by atoms with Crippen LogP contribution in [0.5, 0.6) is 0 Å². The quantitative estimate of drug-likeness (QED) is 0.558. The molecule has 1 heterocycles. The molecule has 1 rings (SSSR count). The van der Waals surface area contributed by atoms with Crippen LogP contribution in [-0.2, 0) is 10.8 Å². The number of alkyl halides is 1. The molecule has 0 saturated carbocycles. The molecule has 4 heteroatoms. The Morgan fingerprint density at radius 2 is 1.85 bits per heavy atom. The lowest BCUT2D eigenvalue weighted by Gasteiger charge is -2.25. The molecule has 0 atom stereocenters. The second-order valence-corrected chi connectivity index (χ2v) is 5.93. The largest absolute Gasteiger partial charge is 0.302 e. The van der Waals surface area contributed by atoms with Crippen LogP contribution in [0, 0.1) is 0 Å². The van der Waals surface area contributed by atoms with Crippen LogP contribution in [0.25, 0.3) is 0 Å². The van der Waals surface area contributed by atoms with Crippen molar-refractivity contribution in [2.45, 2.75) is 19.3 Å². The van der Waals surface area contributed by atoms with Crippen LogP contribution in [0.1, 0.15) is 19.3 Å². The Morgan fingerprint density at radius 1 is 1.15 bits per heavy atom. The first-order chi connectivity index (χ1) is 6.33. The van der Waals surface area contributed by atoms with E-state index in [1.54, 1.807) is 0 Å². The van der Waals surface area contributed by atoms with Crippen molar-refractivity contribution in [3.63, 3.8) is 0 Å². The van der Waals surface area contributed by atoms with Gasteiger partial charge in [-0.25, -0.2) is 0 Å². The molecule has 78 valence electrons. The van der Waals surface area contributed by atoms with Crippen LogP contribution in [0.15, 0.2) is 0 Å². The van der Waals surface area contributed by atoms with Gasteiger partial charge < -0.3 is 4.90 Å². The van der Waals surface area contributed by atoms with Gasteiger partial charge in [0.15, 0.2) is 0 Å². The summed E-state index contributed by atoms with van der Waals surface area (Å²) in [7, 11) is -0.519. The van der Waals surface area contributed by atoms with Gasteiger partial charge in [-0.3, -0.25) is 4.21 Å². The Balaban J connectivity index is 1.99. The Labute approximate surface area is 91.7 Å². The number of hydrogen-bond acceptors (Lipinski definition) is 2. The Bertz CT molecular complexity index is 156. The minimum absolute atomic E-state index is 0.519. The van der Waals surface area contributed by atoms with Gasteiger partial charge in [0.1, 0.15) is 0 Å². The molecule has 0 amide bonds. The molecule has 0 aromatic rings. The van der Waals surface area contributed by atoms with Crippen LogP contribution in [0.3, 0.4) is 0 Å². The molecule has 0 unspecified atom stereocenters. The van der Waals surface area contributed by atoms with Gasteiger partial charge in [-0.1, -0.05) is 22.4 Å². The molecule has 0 radical (unpaired) electrons. The minimum atomic E-state index is -0.519. The molecule has 0 bridgehead atoms. The van der Waals surface area contributed by atoms with Crippen molar-refractivity contribution < 1.29 is 4.21 Å². The maximum Gasteiger partial charge on any atom is 0.0363 e. The third-order valence-corrected chi connectivity index (χ3v) is 4.21. The number of nitrogens with zero attached hydrogens (tertiary/aromatic N) is 1. The molecule has 1 fully saturated rings. The molecule has 1 aliphatic rings. The predicted octanol–water partition coefficient (Wildman–Crippen LogP) is 1.62. The van der Waals surface area contributed by atoms with Crippen LogP contribution in [0.4, 0.5) is 0 Å². The van der Waals surface area contributed by atoms with Crippen molar-refractivity contribution in [1.82, 2.24) is 4.90 Å². The molecule has 2 nitrogen and oxygen atoms in total. The number of hydrogen-bond donors (Lipinski definition) is 0. The summed E-state index contributed by atoms with van der Waals surface area (Å²) in [6, 6.07) is 0. The monoisotopic (exact) mass is 267 g/mol. The fourth-order valence-corrected chi connectivity index (χ4v) is 3.03. The van der Waals surface area contributed by atoms with E-state index in [-0.39, 0.29) is 0 Å². The Hall–Kier alpha value is 0.590. The van der Waals surface area contributed by atoms with Gasteiger partial charge in [0.05, 0.1) is 0 Å². The van der Waals surface area contributed by atoms with Crippen molar-refractivity contribution in [2.75, 3.05) is 36.5 Å². The van der Waals surface area contributed by atoms with Gasteiger partial charge in [0, 0.05) is 40.7 Å². The van der Waals surface area contributed by atoms with Crippen molar-refractivity contribution in [2.24, 2.45) is 0 Å². The van der Waals surface area contributed by atoms with E-state index in [9.17, 15) is 4.21 Å². The van der Waals surface area contributed by atoms with E-state index in [1.165, 1.54) is 25.8 Å². The average molecular weight is 268 g/mol. The zero-order valence-corrected chi connectivity index (χ0v) is 10.4. The second kappa shape index (κ2) is 6.96. The number of unbranched alkanes of at least 4 members (excludes halogenated alkanes) is 2. The lowest BCUT2D eigenvalue weighted by atomic mass is 10.2. The summed E-state index contributed by atoms with van der Waals surface area (Å²) in [4.78, 5) is 2.44. The topological polar surface area (TPSA) is 20.3 Å². The summed E-state index contributed by atoms with van der Waals surface area (Å²) in [6.07, 6.45) is 3.88. The molecule has 0 aromatic carbocycles. The minimum Gasteiger partial charge on any atom is -0.302 e. The van der Waals surface area contributed by atoms with E-state index >= 15 is 0 Å². The van der Waals surface area contributed by atoms with E-state index < -0.39 is 10.8 Å². The Kier molecular flexibility index (Phi) is 6.24. The molecule has 0 aromatic heterocycles. The van der Waals surface area contributed by atoms with Gasteiger partial charge in [0.25, 0.3) is 0 Å². The molecule has 1 saturated heterocycles. The summed E-state index contributed by atoms with van der Waals surface area (Å²) in [5, 5.41) is 1.12. The van der Waals surface area contributed by atoms with Crippen LogP contribution < -0.4 is 0 Å². The second-order valence-electron chi connectivity index (χ2n) is 3.44. The summed E-state index contributed by atoms with van der Waals surface area (Å²) in [5.74, 6) is 1.77. The predicted molar refractivity (Wildman–Crippen MR) is 62.0 cm³/mol. The van der Waals surface area contributed by atoms with E-state index in [4.69, 9.17) is 0 Å². The highest BCUT2D eigenvalue weighted by Gasteiger charge is 2.13. The van der Waals surface area contributed by atoms with Crippen LogP contribution in [-0.4, -0.2) is 45.6 Å². The molecule has 1 aliphatic heterocycles. The maximum absolute atomic E-state index is 11.1. The van der Waals surface area contributed by atoms with E-state index in [0.717, 1.165) is 29.9 Å². The fourth-order valence-electron chi connectivity index (χ4n) is 1.51. The van der Waals surface area contributed by atoms with Gasteiger partial charge in [0.2, 0.25) is 0 Å². The third kappa shape index (κ3) is 5.13. The SMILES string of the molecule is O=S1CCN(CCCCCBr)CC1. The van der Waals surface area contributed by atoms with Gasteiger partial charge in [-0.05, 0) is 19.4 Å². The standard InChI is InChI=1S/C9H18BrNOS/c10-4-2-1-3-5-11-6-8-13(12)9-7-11/h1-9H2. The lowest BCUT2D eigenvalue weighted by Crippen LogP contribution is -2.38. The van der Waals surface area contributed by atoms with Crippen molar-refractivity contribution in [3.05, 3.63) is 0 Å². The molecular weight excluding hydrogens is 250 g/mol. The summed E-state index contributed by atoms with van der Waals surface area (Å²) < 4.78 is 11.1. The maximum atomic E-state index is 11.1. The van der Waals surface area contributed by atoms with Crippen molar-refractivity contribution >= 4 is 26.7 Å². The average Bonchev–Trinajstić information content (AvgIpc) is 2.15. The highest BCUT2D eigenvalue weighted by molar-refractivity contribution is 9.09. The fraction of sp³-hybridized carbons (Fsp3) is 1.00.